The van der Waals surface area contributed by atoms with E-state index in [1.165, 1.54) is 6.08 Å². The molecule has 0 spiro atoms. The molecule has 0 bridgehead atoms. The Morgan fingerprint density at radius 1 is 1.42 bits per heavy atom. The molecule has 0 saturated heterocycles. The smallest absolute Gasteiger partial charge is 0.416 e. The fraction of sp³-hybridized carbons (Fsp3) is 0.412. The average molecular weight is 392 g/mol. The third-order valence-electron chi connectivity index (χ3n) is 4.12. The van der Waals surface area contributed by atoms with E-state index in [2.05, 4.69) is 11.9 Å². The van der Waals surface area contributed by atoms with Crippen LogP contribution in [0.2, 0.25) is 5.02 Å². The second kappa shape index (κ2) is 7.67. The number of amides is 1. The van der Waals surface area contributed by atoms with E-state index in [9.17, 15) is 27.9 Å². The SMILES string of the molecule is C=CCOCC(NC(=O)C1(c2cc(C(F)(F)F)ccc2Cl)CC1)C(=O)O. The number of carbonyl (C=O) groups excluding carboxylic acids is 1. The number of hydrogen-bond acceptors (Lipinski definition) is 3. The molecule has 142 valence electrons. The highest BCUT2D eigenvalue weighted by atomic mass is 35.5. The van der Waals surface area contributed by atoms with Crippen molar-refractivity contribution in [2.45, 2.75) is 30.5 Å². The summed E-state index contributed by atoms with van der Waals surface area (Å²) in [5.41, 5.74) is -2.13. The van der Waals surface area contributed by atoms with Crippen molar-refractivity contribution >= 4 is 23.5 Å². The number of alkyl halides is 3. The van der Waals surface area contributed by atoms with Crippen LogP contribution in [0.25, 0.3) is 0 Å². The quantitative estimate of drug-likeness (QED) is 0.527. The zero-order valence-corrected chi connectivity index (χ0v) is 14.4. The summed E-state index contributed by atoms with van der Waals surface area (Å²) < 4.78 is 43.9. The number of hydrogen-bond donors (Lipinski definition) is 2. The summed E-state index contributed by atoms with van der Waals surface area (Å²) in [7, 11) is 0. The van der Waals surface area contributed by atoms with Crippen LogP contribution >= 0.6 is 11.6 Å². The Bertz CT molecular complexity index is 716. The lowest BCUT2D eigenvalue weighted by atomic mass is 9.92. The molecule has 1 fully saturated rings. The van der Waals surface area contributed by atoms with Crippen LogP contribution in [0.5, 0.6) is 0 Å². The molecule has 9 heteroatoms. The van der Waals surface area contributed by atoms with Crippen LogP contribution in [0.4, 0.5) is 13.2 Å². The molecular formula is C17H17ClF3NO4. The highest BCUT2D eigenvalue weighted by molar-refractivity contribution is 6.32. The van der Waals surface area contributed by atoms with Gasteiger partial charge in [0.25, 0.3) is 0 Å². The number of ether oxygens (including phenoxy) is 1. The van der Waals surface area contributed by atoms with Gasteiger partial charge in [-0.2, -0.15) is 13.2 Å². The van der Waals surface area contributed by atoms with E-state index in [1.54, 1.807) is 0 Å². The fourth-order valence-corrected chi connectivity index (χ4v) is 2.85. The third-order valence-corrected chi connectivity index (χ3v) is 4.45. The molecule has 1 aromatic rings. The molecule has 0 aromatic heterocycles. The van der Waals surface area contributed by atoms with Crippen molar-refractivity contribution in [1.29, 1.82) is 0 Å². The van der Waals surface area contributed by atoms with Gasteiger partial charge in [-0.25, -0.2) is 4.79 Å². The molecular weight excluding hydrogens is 375 g/mol. The van der Waals surface area contributed by atoms with Gasteiger partial charge in [-0.15, -0.1) is 6.58 Å². The summed E-state index contributed by atoms with van der Waals surface area (Å²) in [5.74, 6) is -2.00. The van der Waals surface area contributed by atoms with Gasteiger partial charge in [-0.05, 0) is 36.6 Å². The molecule has 0 radical (unpaired) electrons. The van der Waals surface area contributed by atoms with Crippen LogP contribution in [-0.4, -0.2) is 36.2 Å². The van der Waals surface area contributed by atoms with E-state index in [0.717, 1.165) is 18.2 Å². The molecule has 26 heavy (non-hydrogen) atoms. The lowest BCUT2D eigenvalue weighted by molar-refractivity contribution is -0.143. The van der Waals surface area contributed by atoms with Gasteiger partial charge in [0.05, 0.1) is 24.2 Å². The van der Waals surface area contributed by atoms with Crippen LogP contribution < -0.4 is 5.32 Å². The lowest BCUT2D eigenvalue weighted by Gasteiger charge is -2.21. The molecule has 1 aliphatic carbocycles. The Hall–Kier alpha value is -2.06. The first-order valence-corrected chi connectivity index (χ1v) is 8.09. The van der Waals surface area contributed by atoms with Crippen molar-refractivity contribution < 1.29 is 32.6 Å². The monoisotopic (exact) mass is 391 g/mol. The number of rotatable bonds is 8. The minimum absolute atomic E-state index is 0.0282. The summed E-state index contributed by atoms with van der Waals surface area (Å²) in [4.78, 5) is 23.9. The topological polar surface area (TPSA) is 75.6 Å². The Labute approximate surface area is 152 Å². The van der Waals surface area contributed by atoms with Gasteiger partial charge in [0.1, 0.15) is 0 Å². The van der Waals surface area contributed by atoms with Gasteiger partial charge in [0.2, 0.25) is 5.91 Å². The first kappa shape index (κ1) is 20.3. The zero-order valence-electron chi connectivity index (χ0n) is 13.6. The fourth-order valence-electron chi connectivity index (χ4n) is 2.55. The number of nitrogens with one attached hydrogen (secondary N) is 1. The van der Waals surface area contributed by atoms with Crippen LogP contribution in [0, 0.1) is 0 Å². The Kier molecular flexibility index (Phi) is 5.98. The van der Waals surface area contributed by atoms with E-state index in [1.807, 2.05) is 0 Å². The minimum atomic E-state index is -4.58. The molecule has 1 amide bonds. The number of halogens is 4. The molecule has 2 rings (SSSR count). The van der Waals surface area contributed by atoms with Crippen molar-refractivity contribution in [3.8, 4) is 0 Å². The normalized spacial score (nSPS) is 16.6. The zero-order chi connectivity index (χ0) is 19.5. The van der Waals surface area contributed by atoms with Crippen LogP contribution in [0.3, 0.4) is 0 Å². The molecule has 2 N–H and O–H groups in total. The van der Waals surface area contributed by atoms with Crippen molar-refractivity contribution in [3.05, 3.63) is 47.0 Å². The predicted octanol–water partition coefficient (Wildman–Crippen LogP) is 3.16. The maximum absolute atomic E-state index is 13.0. The molecule has 5 nitrogen and oxygen atoms in total. The lowest BCUT2D eigenvalue weighted by Crippen LogP contribution is -2.48. The summed E-state index contributed by atoms with van der Waals surface area (Å²) in [5, 5.41) is 11.5. The molecule has 1 aliphatic rings. The molecule has 1 atom stereocenters. The second-order valence-electron chi connectivity index (χ2n) is 5.96. The molecule has 1 aromatic carbocycles. The average Bonchev–Trinajstić information content (AvgIpc) is 3.34. The van der Waals surface area contributed by atoms with Crippen molar-refractivity contribution in [2.24, 2.45) is 0 Å². The van der Waals surface area contributed by atoms with Crippen LogP contribution in [0.15, 0.2) is 30.9 Å². The predicted molar refractivity (Wildman–Crippen MR) is 87.9 cm³/mol. The van der Waals surface area contributed by atoms with Gasteiger partial charge in [0.15, 0.2) is 6.04 Å². The third kappa shape index (κ3) is 4.37. The van der Waals surface area contributed by atoms with Crippen molar-refractivity contribution in [1.82, 2.24) is 5.32 Å². The number of benzene rings is 1. The summed E-state index contributed by atoms with van der Waals surface area (Å²) in [6.45, 7) is 3.23. The number of carboxylic acids is 1. The summed E-state index contributed by atoms with van der Waals surface area (Å²) in [6.07, 6.45) is -2.60. The molecule has 0 aliphatic heterocycles. The van der Waals surface area contributed by atoms with Gasteiger partial charge in [-0.3, -0.25) is 4.79 Å². The van der Waals surface area contributed by atoms with Gasteiger partial charge >= 0.3 is 12.1 Å². The largest absolute Gasteiger partial charge is 0.480 e. The standard InChI is InChI=1S/C17H17ClF3NO4/c1-2-7-26-9-13(14(23)24)22-15(25)16(5-6-16)11-8-10(17(19,20)21)3-4-12(11)18/h2-4,8,13H,1,5-7,9H2,(H,22,25)(H,23,24). The first-order chi connectivity index (χ1) is 12.1. The van der Waals surface area contributed by atoms with E-state index in [4.69, 9.17) is 16.3 Å². The number of aliphatic carboxylic acids is 1. The van der Waals surface area contributed by atoms with Crippen LogP contribution in [0.1, 0.15) is 24.0 Å². The van der Waals surface area contributed by atoms with Gasteiger partial charge in [0, 0.05) is 5.02 Å². The Balaban J connectivity index is 2.23. The maximum atomic E-state index is 13.0. The summed E-state index contributed by atoms with van der Waals surface area (Å²) >= 11 is 6.02. The van der Waals surface area contributed by atoms with Crippen LogP contribution in [-0.2, 0) is 25.9 Å². The molecule has 1 saturated carbocycles. The Morgan fingerprint density at radius 2 is 2.08 bits per heavy atom. The number of carboxylic acid groups (broad SMARTS) is 1. The molecule has 0 heterocycles. The summed E-state index contributed by atoms with van der Waals surface area (Å²) in [6, 6.07) is 1.45. The first-order valence-electron chi connectivity index (χ1n) is 7.71. The molecule has 1 unspecified atom stereocenters. The van der Waals surface area contributed by atoms with Crippen molar-refractivity contribution in [3.63, 3.8) is 0 Å². The van der Waals surface area contributed by atoms with Gasteiger partial charge in [-0.1, -0.05) is 17.7 Å². The minimum Gasteiger partial charge on any atom is -0.480 e. The highest BCUT2D eigenvalue weighted by Gasteiger charge is 2.53. The highest BCUT2D eigenvalue weighted by Crippen LogP contribution is 2.51. The number of carbonyl (C=O) groups is 2. The second-order valence-corrected chi connectivity index (χ2v) is 6.37. The van der Waals surface area contributed by atoms with E-state index in [0.29, 0.717) is 0 Å². The van der Waals surface area contributed by atoms with Gasteiger partial charge < -0.3 is 15.2 Å². The Morgan fingerprint density at radius 3 is 2.58 bits per heavy atom. The van der Waals surface area contributed by atoms with Crippen molar-refractivity contribution in [2.75, 3.05) is 13.2 Å². The maximum Gasteiger partial charge on any atom is 0.416 e. The van der Waals surface area contributed by atoms with E-state index >= 15 is 0 Å². The van der Waals surface area contributed by atoms with E-state index in [-0.39, 0.29) is 36.6 Å². The van der Waals surface area contributed by atoms with E-state index < -0.39 is 35.1 Å².